The van der Waals surface area contributed by atoms with Gasteiger partial charge in [-0.25, -0.2) is 9.37 Å². The molecule has 0 saturated carbocycles. The third-order valence-corrected chi connectivity index (χ3v) is 7.18. The van der Waals surface area contributed by atoms with E-state index in [0.717, 1.165) is 5.56 Å². The number of hydrogen-bond acceptors (Lipinski definition) is 6. The maximum Gasteiger partial charge on any atom is 0.294 e. The van der Waals surface area contributed by atoms with E-state index in [2.05, 4.69) is 4.98 Å². The number of anilines is 1. The van der Waals surface area contributed by atoms with E-state index in [4.69, 9.17) is 4.74 Å². The molecule has 6 nitrogen and oxygen atoms in total. The molecular formula is C28H21FN2O4S. The molecule has 1 aliphatic rings. The van der Waals surface area contributed by atoms with Crippen molar-refractivity contribution >= 4 is 28.7 Å². The zero-order valence-electron chi connectivity index (χ0n) is 19.4. The fourth-order valence-corrected chi connectivity index (χ4v) is 5.32. The SMILES string of the molecule is COc1cccc(C2C(C(=O)c3sc(-c4ccccc4)nc3C)=C(O)C(=O)N2c2cccc(F)c2)c1. The third-order valence-electron chi connectivity index (χ3n) is 5.97. The molecule has 0 saturated heterocycles. The Hall–Kier alpha value is -4.30. The van der Waals surface area contributed by atoms with Gasteiger partial charge < -0.3 is 9.84 Å². The predicted molar refractivity (Wildman–Crippen MR) is 136 cm³/mol. The minimum Gasteiger partial charge on any atom is -0.503 e. The van der Waals surface area contributed by atoms with Crippen LogP contribution in [0.25, 0.3) is 10.6 Å². The Morgan fingerprint density at radius 2 is 1.81 bits per heavy atom. The quantitative estimate of drug-likeness (QED) is 0.326. The van der Waals surface area contributed by atoms with Crippen molar-refractivity contribution in [1.82, 2.24) is 4.98 Å². The van der Waals surface area contributed by atoms with Gasteiger partial charge in [0.15, 0.2) is 5.76 Å². The largest absolute Gasteiger partial charge is 0.503 e. The number of rotatable bonds is 6. The summed E-state index contributed by atoms with van der Waals surface area (Å²) in [6.07, 6.45) is 0. The third kappa shape index (κ3) is 4.05. The number of halogens is 1. The van der Waals surface area contributed by atoms with Gasteiger partial charge in [0.1, 0.15) is 16.6 Å². The van der Waals surface area contributed by atoms with E-state index in [1.54, 1.807) is 37.3 Å². The van der Waals surface area contributed by atoms with E-state index in [9.17, 15) is 19.1 Å². The number of aryl methyl sites for hydroxylation is 1. The van der Waals surface area contributed by atoms with Crippen molar-refractivity contribution in [3.8, 4) is 16.3 Å². The van der Waals surface area contributed by atoms with Gasteiger partial charge in [-0.1, -0.05) is 48.5 Å². The van der Waals surface area contributed by atoms with E-state index in [-0.39, 0.29) is 11.3 Å². The molecule has 1 unspecified atom stereocenters. The average Bonchev–Trinajstić information content (AvgIpc) is 3.41. The van der Waals surface area contributed by atoms with Crippen molar-refractivity contribution in [3.63, 3.8) is 0 Å². The number of carbonyl (C=O) groups excluding carboxylic acids is 2. The average molecular weight is 501 g/mol. The van der Waals surface area contributed by atoms with Crippen molar-refractivity contribution in [2.45, 2.75) is 13.0 Å². The number of amides is 1. The van der Waals surface area contributed by atoms with E-state index in [1.165, 1.54) is 41.5 Å². The normalized spacial score (nSPS) is 15.5. The number of aromatic nitrogens is 1. The summed E-state index contributed by atoms with van der Waals surface area (Å²) in [6.45, 7) is 1.72. The van der Waals surface area contributed by atoms with Gasteiger partial charge in [-0.05, 0) is 42.8 Å². The smallest absolute Gasteiger partial charge is 0.294 e. The molecule has 0 spiro atoms. The standard InChI is InChI=1S/C28H21FN2O4S/c1-16-26(36-27(30-16)17-8-4-3-5-9-17)24(32)22-23(18-10-6-13-21(14-18)35-2)31(28(34)25(22)33)20-12-7-11-19(29)15-20/h3-15,23,33H,1-2H3. The molecule has 8 heteroatoms. The molecule has 0 fully saturated rings. The Morgan fingerprint density at radius 3 is 2.53 bits per heavy atom. The Balaban J connectivity index is 1.65. The fraction of sp³-hybridized carbons (Fsp3) is 0.107. The molecule has 36 heavy (non-hydrogen) atoms. The lowest BCUT2D eigenvalue weighted by molar-refractivity contribution is -0.117. The molecule has 1 atom stereocenters. The lowest BCUT2D eigenvalue weighted by Gasteiger charge is -2.27. The zero-order valence-corrected chi connectivity index (χ0v) is 20.3. The molecule has 4 aromatic rings. The van der Waals surface area contributed by atoms with Crippen LogP contribution in [0.15, 0.2) is 90.2 Å². The molecule has 1 amide bonds. The second-order valence-corrected chi connectivity index (χ2v) is 9.22. The first-order valence-electron chi connectivity index (χ1n) is 11.1. The molecule has 0 radical (unpaired) electrons. The van der Waals surface area contributed by atoms with Crippen LogP contribution < -0.4 is 9.64 Å². The molecule has 1 aliphatic heterocycles. The highest BCUT2D eigenvalue weighted by molar-refractivity contribution is 7.17. The van der Waals surface area contributed by atoms with Crippen LogP contribution in [0.2, 0.25) is 0 Å². The molecule has 0 bridgehead atoms. The Kier molecular flexibility index (Phi) is 6.12. The maximum atomic E-state index is 14.1. The van der Waals surface area contributed by atoms with Crippen LogP contribution in [0.3, 0.4) is 0 Å². The fourth-order valence-electron chi connectivity index (χ4n) is 4.29. The van der Waals surface area contributed by atoms with Crippen molar-refractivity contribution in [3.05, 3.63) is 112 Å². The molecule has 1 aromatic heterocycles. The van der Waals surface area contributed by atoms with Gasteiger partial charge >= 0.3 is 0 Å². The second kappa shape index (κ2) is 9.39. The van der Waals surface area contributed by atoms with Crippen LogP contribution in [0.4, 0.5) is 10.1 Å². The number of aliphatic hydroxyl groups excluding tert-OH is 1. The summed E-state index contributed by atoms with van der Waals surface area (Å²) in [5.41, 5.74) is 2.00. The summed E-state index contributed by atoms with van der Waals surface area (Å²) in [4.78, 5) is 33.3. The van der Waals surface area contributed by atoms with Crippen LogP contribution in [-0.2, 0) is 4.79 Å². The number of aliphatic hydroxyl groups is 1. The molecule has 5 rings (SSSR count). The number of thiazole rings is 1. The first-order valence-corrected chi connectivity index (χ1v) is 11.9. The number of hydrogen-bond donors (Lipinski definition) is 1. The van der Waals surface area contributed by atoms with Crippen LogP contribution >= 0.6 is 11.3 Å². The lowest BCUT2D eigenvalue weighted by atomic mass is 9.94. The van der Waals surface area contributed by atoms with Crippen molar-refractivity contribution in [2.75, 3.05) is 12.0 Å². The van der Waals surface area contributed by atoms with Crippen LogP contribution in [0, 0.1) is 12.7 Å². The highest BCUT2D eigenvalue weighted by Crippen LogP contribution is 2.44. The van der Waals surface area contributed by atoms with Gasteiger partial charge in [-0.3, -0.25) is 14.5 Å². The van der Waals surface area contributed by atoms with Gasteiger partial charge in [-0.15, -0.1) is 11.3 Å². The summed E-state index contributed by atoms with van der Waals surface area (Å²) < 4.78 is 19.5. The zero-order chi connectivity index (χ0) is 25.4. The first-order chi connectivity index (χ1) is 17.4. The van der Waals surface area contributed by atoms with Gasteiger partial charge in [0.05, 0.1) is 29.3 Å². The number of carbonyl (C=O) groups is 2. The van der Waals surface area contributed by atoms with E-state index in [0.29, 0.717) is 26.9 Å². The molecular weight excluding hydrogens is 479 g/mol. The highest BCUT2D eigenvalue weighted by atomic mass is 32.1. The monoisotopic (exact) mass is 500 g/mol. The van der Waals surface area contributed by atoms with E-state index in [1.807, 2.05) is 30.3 Å². The molecule has 1 N–H and O–H groups in total. The van der Waals surface area contributed by atoms with Gasteiger partial charge in [0, 0.05) is 11.3 Å². The Morgan fingerprint density at radius 1 is 1.06 bits per heavy atom. The number of Topliss-reactive ketones (excluding diaryl/α,β-unsaturated/α-hetero) is 1. The van der Waals surface area contributed by atoms with Gasteiger partial charge in [0.25, 0.3) is 5.91 Å². The minimum atomic E-state index is -0.997. The second-order valence-electron chi connectivity index (χ2n) is 8.23. The highest BCUT2D eigenvalue weighted by Gasteiger charge is 2.45. The van der Waals surface area contributed by atoms with Crippen LogP contribution in [0.1, 0.15) is 27.0 Å². The number of ether oxygens (including phenoxy) is 1. The molecule has 0 aliphatic carbocycles. The topological polar surface area (TPSA) is 79.7 Å². The Bertz CT molecular complexity index is 1510. The van der Waals surface area contributed by atoms with E-state index < -0.39 is 29.3 Å². The number of nitrogens with zero attached hydrogens (tertiary/aromatic N) is 2. The molecule has 3 aromatic carbocycles. The molecule has 180 valence electrons. The van der Waals surface area contributed by atoms with Crippen LogP contribution in [0.5, 0.6) is 5.75 Å². The summed E-state index contributed by atoms with van der Waals surface area (Å²) in [5.74, 6) is -2.01. The number of benzene rings is 3. The molecule has 2 heterocycles. The predicted octanol–water partition coefficient (Wildman–Crippen LogP) is 6.05. The maximum absolute atomic E-state index is 14.1. The Labute approximate surface area is 210 Å². The summed E-state index contributed by atoms with van der Waals surface area (Å²) in [6, 6.07) is 20.8. The minimum absolute atomic E-state index is 0.0936. The van der Waals surface area contributed by atoms with Crippen LogP contribution in [-0.4, -0.2) is 28.9 Å². The van der Waals surface area contributed by atoms with Crippen molar-refractivity contribution in [1.29, 1.82) is 0 Å². The first kappa shape index (κ1) is 23.4. The van der Waals surface area contributed by atoms with Gasteiger partial charge in [-0.2, -0.15) is 0 Å². The summed E-state index contributed by atoms with van der Waals surface area (Å²) in [5, 5.41) is 11.6. The van der Waals surface area contributed by atoms with Gasteiger partial charge in [0.2, 0.25) is 5.78 Å². The lowest BCUT2D eigenvalue weighted by Crippen LogP contribution is -2.31. The van der Waals surface area contributed by atoms with E-state index >= 15 is 0 Å². The summed E-state index contributed by atoms with van der Waals surface area (Å²) >= 11 is 1.19. The van der Waals surface area contributed by atoms with Crippen molar-refractivity contribution in [2.24, 2.45) is 0 Å². The summed E-state index contributed by atoms with van der Waals surface area (Å²) in [7, 11) is 1.51. The number of ketones is 1. The van der Waals surface area contributed by atoms with Crippen molar-refractivity contribution < 1.29 is 23.8 Å². The number of methoxy groups -OCH3 is 1.